The first-order valence-corrected chi connectivity index (χ1v) is 17.2. The third kappa shape index (κ3) is 8.88. The fraction of sp³-hybridized carbons (Fsp3) is 0.325. The van der Waals surface area contributed by atoms with Crippen LogP contribution >= 0.6 is 0 Å². The Labute approximate surface area is 292 Å². The Balaban J connectivity index is 1.03. The van der Waals surface area contributed by atoms with Crippen molar-refractivity contribution in [1.29, 1.82) is 0 Å². The molecule has 1 saturated heterocycles. The molecule has 4 atom stereocenters. The second kappa shape index (κ2) is 17.0. The van der Waals surface area contributed by atoms with Crippen LogP contribution in [0.3, 0.4) is 0 Å². The molecule has 10 heteroatoms. The summed E-state index contributed by atoms with van der Waals surface area (Å²) in [5, 5.41) is 12.3. The maximum Gasteiger partial charge on any atom is 0.407 e. The molecule has 1 aliphatic heterocycles. The van der Waals surface area contributed by atoms with Crippen molar-refractivity contribution >= 4 is 23.8 Å². The fourth-order valence-electron chi connectivity index (χ4n) is 6.80. The molecule has 0 aromatic heterocycles. The molecule has 50 heavy (non-hydrogen) atoms. The Morgan fingerprint density at radius 3 is 2.24 bits per heavy atom. The fourth-order valence-corrected chi connectivity index (χ4v) is 6.80. The zero-order valence-electron chi connectivity index (χ0n) is 28.2. The summed E-state index contributed by atoms with van der Waals surface area (Å²) in [6.45, 7) is 1.25. The number of amides is 3. The van der Waals surface area contributed by atoms with Crippen LogP contribution in [-0.4, -0.2) is 63.1 Å². The lowest BCUT2D eigenvalue weighted by atomic mass is 9.84. The zero-order valence-corrected chi connectivity index (χ0v) is 28.2. The molecule has 4 N–H and O–H groups in total. The molecule has 4 aromatic carbocycles. The molecule has 10 nitrogen and oxygen atoms in total. The van der Waals surface area contributed by atoms with Crippen molar-refractivity contribution in [2.75, 3.05) is 32.2 Å². The summed E-state index contributed by atoms with van der Waals surface area (Å²) in [7, 11) is 1.28. The molecular weight excluding hydrogens is 632 g/mol. The van der Waals surface area contributed by atoms with Crippen LogP contribution in [0.15, 0.2) is 109 Å². The first-order chi connectivity index (χ1) is 24.5. The number of carbonyl (C=O) groups excluding carboxylic acids is 3. The second-order valence-corrected chi connectivity index (χ2v) is 12.7. The van der Waals surface area contributed by atoms with Gasteiger partial charge in [-0.15, -0.1) is 0 Å². The Hall–Kier alpha value is -5.19. The average Bonchev–Trinajstić information content (AvgIpc) is 3.57. The smallest absolute Gasteiger partial charge is 0.407 e. The minimum atomic E-state index is -0.957. The lowest BCUT2D eigenvalue weighted by molar-refractivity contribution is -0.118. The molecule has 6 rings (SSSR count). The number of morpholine rings is 1. The van der Waals surface area contributed by atoms with E-state index >= 15 is 0 Å². The van der Waals surface area contributed by atoms with Gasteiger partial charge < -0.3 is 35.5 Å². The van der Waals surface area contributed by atoms with Crippen molar-refractivity contribution in [1.82, 2.24) is 16.0 Å². The summed E-state index contributed by atoms with van der Waals surface area (Å²) in [4.78, 5) is 39.1. The van der Waals surface area contributed by atoms with E-state index in [4.69, 9.17) is 14.2 Å². The predicted molar refractivity (Wildman–Crippen MR) is 191 cm³/mol. The number of hydrogen-bond donors (Lipinski definition) is 4. The van der Waals surface area contributed by atoms with Crippen LogP contribution < -0.4 is 21.3 Å². The third-order valence-corrected chi connectivity index (χ3v) is 9.41. The highest BCUT2D eigenvalue weighted by Gasteiger charge is 2.33. The van der Waals surface area contributed by atoms with Gasteiger partial charge in [-0.2, -0.15) is 0 Å². The number of aryl methyl sites for hydroxylation is 2. The molecule has 0 saturated carbocycles. The van der Waals surface area contributed by atoms with Crippen LogP contribution in [0.25, 0.3) is 0 Å². The van der Waals surface area contributed by atoms with Gasteiger partial charge in [0, 0.05) is 18.2 Å². The SMILES string of the molecule is COC(=O)N[C@H](C(=O)Nc1ccccc1CC[C@@H]1CN[C@H](COC(=O)N[C@H]2CCc3ccccc32)CO1)C(c1ccccc1)c1ccccc1. The number of methoxy groups -OCH3 is 1. The number of ether oxygens (including phenoxy) is 3. The van der Waals surface area contributed by atoms with E-state index in [2.05, 4.69) is 33.4 Å². The van der Waals surface area contributed by atoms with Crippen LogP contribution in [-0.2, 0) is 31.8 Å². The normalized spacial score (nSPS) is 18.8. The first kappa shape index (κ1) is 34.7. The summed E-state index contributed by atoms with van der Waals surface area (Å²) in [6.07, 6.45) is 2.04. The highest BCUT2D eigenvalue weighted by molar-refractivity contribution is 5.98. The van der Waals surface area contributed by atoms with Crippen LogP contribution in [0.4, 0.5) is 15.3 Å². The van der Waals surface area contributed by atoms with Gasteiger partial charge in [0.05, 0.1) is 31.9 Å². The van der Waals surface area contributed by atoms with Gasteiger partial charge in [0.25, 0.3) is 0 Å². The lowest BCUT2D eigenvalue weighted by Crippen LogP contribution is -2.49. The maximum absolute atomic E-state index is 14.1. The van der Waals surface area contributed by atoms with Crippen molar-refractivity contribution in [3.05, 3.63) is 137 Å². The second-order valence-electron chi connectivity index (χ2n) is 12.7. The van der Waals surface area contributed by atoms with E-state index < -0.39 is 24.1 Å². The van der Waals surface area contributed by atoms with Gasteiger partial charge in [0.15, 0.2) is 0 Å². The van der Waals surface area contributed by atoms with Gasteiger partial charge in [0.1, 0.15) is 12.6 Å². The van der Waals surface area contributed by atoms with Gasteiger partial charge >= 0.3 is 12.2 Å². The molecule has 1 heterocycles. The number of benzene rings is 4. The monoisotopic (exact) mass is 676 g/mol. The average molecular weight is 677 g/mol. The number of nitrogens with one attached hydrogen (secondary N) is 4. The van der Waals surface area contributed by atoms with Gasteiger partial charge in [0.2, 0.25) is 5.91 Å². The number of fused-ring (bicyclic) bond motifs is 1. The topological polar surface area (TPSA) is 127 Å². The number of carbonyl (C=O) groups is 3. The summed E-state index contributed by atoms with van der Waals surface area (Å²) < 4.78 is 16.6. The zero-order chi connectivity index (χ0) is 34.7. The predicted octanol–water partition coefficient (Wildman–Crippen LogP) is 5.89. The first-order valence-electron chi connectivity index (χ1n) is 17.2. The molecule has 2 aliphatic rings. The summed E-state index contributed by atoms with van der Waals surface area (Å²) in [6, 6.07) is 34.1. The summed E-state index contributed by atoms with van der Waals surface area (Å²) >= 11 is 0. The van der Waals surface area contributed by atoms with Crippen molar-refractivity contribution in [3.8, 4) is 0 Å². The molecule has 4 aromatic rings. The van der Waals surface area contributed by atoms with E-state index in [1.807, 2.05) is 97.1 Å². The largest absolute Gasteiger partial charge is 0.453 e. The highest BCUT2D eigenvalue weighted by Crippen LogP contribution is 2.31. The molecule has 0 unspecified atom stereocenters. The Bertz CT molecular complexity index is 1690. The van der Waals surface area contributed by atoms with Crippen molar-refractivity contribution in [2.24, 2.45) is 0 Å². The van der Waals surface area contributed by atoms with E-state index in [1.165, 1.54) is 12.7 Å². The molecule has 3 amide bonds. The van der Waals surface area contributed by atoms with Crippen LogP contribution in [0.5, 0.6) is 0 Å². The van der Waals surface area contributed by atoms with Gasteiger partial charge in [-0.05, 0) is 59.6 Å². The number of alkyl carbamates (subject to hydrolysis) is 2. The number of hydrogen-bond acceptors (Lipinski definition) is 7. The summed E-state index contributed by atoms with van der Waals surface area (Å²) in [5.41, 5.74) is 5.82. The van der Waals surface area contributed by atoms with Gasteiger partial charge in [-0.25, -0.2) is 9.59 Å². The molecule has 260 valence electrons. The van der Waals surface area contributed by atoms with Crippen LogP contribution in [0.2, 0.25) is 0 Å². The third-order valence-electron chi connectivity index (χ3n) is 9.41. The molecular formula is C40H44N4O6. The van der Waals surface area contributed by atoms with E-state index in [1.54, 1.807) is 0 Å². The van der Waals surface area contributed by atoms with Crippen molar-refractivity contribution < 1.29 is 28.6 Å². The van der Waals surface area contributed by atoms with E-state index in [-0.39, 0.29) is 30.7 Å². The van der Waals surface area contributed by atoms with Gasteiger partial charge in [-0.1, -0.05) is 103 Å². The number of anilines is 1. The minimum Gasteiger partial charge on any atom is -0.453 e. The van der Waals surface area contributed by atoms with Crippen molar-refractivity contribution in [2.45, 2.75) is 55.8 Å². The molecule has 1 fully saturated rings. The molecule has 0 spiro atoms. The standard InChI is InChI=1S/C40H44N4O6/c1-48-39(46)44-37(36(29-14-4-2-5-15-29)30-16-6-3-7-17-30)38(45)42-34-19-11-9-13-28(34)20-22-32-24-41-31(25-49-32)26-50-40(47)43-35-23-21-27-12-8-10-18-33(27)35/h2-19,31-32,35-37,41H,20-26H2,1H3,(H,42,45)(H,43,47)(H,44,46)/t31-,32+,35-,37-/m0/s1. The summed E-state index contributed by atoms with van der Waals surface area (Å²) in [5.74, 6) is -0.826. The number of rotatable bonds is 12. The molecule has 0 radical (unpaired) electrons. The minimum absolute atomic E-state index is 0.0181. The quantitative estimate of drug-likeness (QED) is 0.148. The van der Waals surface area contributed by atoms with E-state index in [0.29, 0.717) is 25.3 Å². The Morgan fingerprint density at radius 2 is 1.54 bits per heavy atom. The molecule has 0 bridgehead atoms. The maximum atomic E-state index is 14.1. The number of para-hydroxylation sites is 1. The molecule has 1 aliphatic carbocycles. The lowest BCUT2D eigenvalue weighted by Gasteiger charge is -2.30. The van der Waals surface area contributed by atoms with E-state index in [9.17, 15) is 14.4 Å². The van der Waals surface area contributed by atoms with Crippen LogP contribution in [0.1, 0.15) is 52.6 Å². The van der Waals surface area contributed by atoms with E-state index in [0.717, 1.165) is 41.5 Å². The highest BCUT2D eigenvalue weighted by atomic mass is 16.6. The Morgan fingerprint density at radius 1 is 0.860 bits per heavy atom. The Kier molecular flexibility index (Phi) is 11.8. The van der Waals surface area contributed by atoms with Gasteiger partial charge in [-0.3, -0.25) is 4.79 Å². The van der Waals surface area contributed by atoms with Crippen LogP contribution in [0, 0.1) is 0 Å². The van der Waals surface area contributed by atoms with Crippen molar-refractivity contribution in [3.63, 3.8) is 0 Å².